The van der Waals surface area contributed by atoms with Gasteiger partial charge in [-0.1, -0.05) is 28.6 Å². The van der Waals surface area contributed by atoms with Gasteiger partial charge in [-0.25, -0.2) is 4.98 Å². The summed E-state index contributed by atoms with van der Waals surface area (Å²) in [5.41, 5.74) is 0. The normalized spacial score (nSPS) is 10.1. The van der Waals surface area contributed by atoms with Gasteiger partial charge in [0, 0.05) is 18.4 Å². The highest BCUT2D eigenvalue weighted by Gasteiger charge is 2.00. The van der Waals surface area contributed by atoms with E-state index in [4.69, 9.17) is 0 Å². The third-order valence-corrected chi connectivity index (χ3v) is 4.33. The predicted octanol–water partition coefficient (Wildman–Crippen LogP) is 3.10. The summed E-state index contributed by atoms with van der Waals surface area (Å²) in [4.78, 5) is 15.1. The topological polar surface area (TPSA) is 30.0 Å². The summed E-state index contributed by atoms with van der Waals surface area (Å²) >= 11 is 1.29. The van der Waals surface area contributed by atoms with E-state index in [2.05, 4.69) is 4.98 Å². The van der Waals surface area contributed by atoms with Crippen molar-refractivity contribution in [1.82, 2.24) is 4.98 Å². The molecular weight excluding hydrogens is 234 g/mol. The zero-order valence-electron chi connectivity index (χ0n) is 7.80. The summed E-state index contributed by atoms with van der Waals surface area (Å²) in [5, 5.41) is 1.24. The van der Waals surface area contributed by atoms with Gasteiger partial charge in [0.15, 0.2) is 5.12 Å². The third-order valence-electron chi connectivity index (χ3n) is 1.40. The van der Waals surface area contributed by atoms with Crippen LogP contribution in [0.4, 0.5) is 0 Å². The fourth-order valence-electron chi connectivity index (χ4n) is 0.725. The van der Waals surface area contributed by atoms with Crippen molar-refractivity contribution >= 4 is 38.5 Å². The number of rotatable bonds is 5. The van der Waals surface area contributed by atoms with Crippen LogP contribution >= 0.6 is 33.3 Å². The molecular formula is C9H11NOS3. The van der Waals surface area contributed by atoms with Crippen LogP contribution in [0.5, 0.6) is 0 Å². The minimum atomic E-state index is 0.249. The second-order valence-corrected chi connectivity index (χ2v) is 5.70. The maximum Gasteiger partial charge on any atom is 0.189 e. The van der Waals surface area contributed by atoms with Crippen molar-refractivity contribution in [2.24, 2.45) is 0 Å². The molecule has 1 aromatic heterocycles. The molecule has 2 nitrogen and oxygen atoms in total. The molecule has 5 heteroatoms. The highest BCUT2D eigenvalue weighted by molar-refractivity contribution is 8.76. The maximum atomic E-state index is 10.9. The Labute approximate surface area is 96.0 Å². The number of aromatic nitrogens is 1. The minimum Gasteiger partial charge on any atom is -0.287 e. The van der Waals surface area contributed by atoms with Crippen molar-refractivity contribution in [2.75, 3.05) is 12.0 Å². The Balaban J connectivity index is 2.13. The van der Waals surface area contributed by atoms with Crippen molar-refractivity contribution in [2.45, 2.75) is 11.4 Å². The van der Waals surface area contributed by atoms with Crippen molar-refractivity contribution < 1.29 is 4.79 Å². The summed E-state index contributed by atoms with van der Waals surface area (Å²) in [5.74, 6) is 0.848. The highest BCUT2D eigenvalue weighted by atomic mass is 33.1. The van der Waals surface area contributed by atoms with Crippen LogP contribution in [0.1, 0.15) is 6.42 Å². The van der Waals surface area contributed by atoms with Gasteiger partial charge in [-0.3, -0.25) is 4.79 Å². The average molecular weight is 245 g/mol. The Kier molecular flexibility index (Phi) is 6.14. The summed E-state index contributed by atoms with van der Waals surface area (Å²) < 4.78 is 0. The van der Waals surface area contributed by atoms with Gasteiger partial charge in [-0.2, -0.15) is 0 Å². The van der Waals surface area contributed by atoms with Gasteiger partial charge in [0.25, 0.3) is 0 Å². The summed E-state index contributed by atoms with van der Waals surface area (Å²) in [7, 11) is 3.29. The molecule has 0 aliphatic rings. The van der Waals surface area contributed by atoms with Crippen molar-refractivity contribution in [1.29, 1.82) is 0 Å². The molecule has 0 bridgehead atoms. The molecule has 1 heterocycles. The Hall–Kier alpha value is -0.130. The lowest BCUT2D eigenvalue weighted by Gasteiger charge is -1.98. The largest absolute Gasteiger partial charge is 0.287 e. The SMILES string of the molecule is CSC(=O)CCSSc1ccccn1. The van der Waals surface area contributed by atoms with Gasteiger partial charge >= 0.3 is 0 Å². The number of hydrogen-bond acceptors (Lipinski definition) is 5. The Bertz CT molecular complexity index is 279. The van der Waals surface area contributed by atoms with Gasteiger partial charge in [-0.15, -0.1) is 0 Å². The molecule has 0 amide bonds. The number of carbonyl (C=O) groups is 1. The molecule has 0 N–H and O–H groups in total. The fourth-order valence-corrected chi connectivity index (χ4v) is 3.03. The molecule has 0 aliphatic heterocycles. The van der Waals surface area contributed by atoms with E-state index in [1.54, 1.807) is 27.8 Å². The van der Waals surface area contributed by atoms with E-state index in [1.165, 1.54) is 11.8 Å². The van der Waals surface area contributed by atoms with Crippen molar-refractivity contribution in [3.8, 4) is 0 Å². The Morgan fingerprint density at radius 2 is 2.36 bits per heavy atom. The predicted molar refractivity (Wildman–Crippen MR) is 65.7 cm³/mol. The zero-order chi connectivity index (χ0) is 10.2. The molecule has 0 saturated carbocycles. The van der Waals surface area contributed by atoms with E-state index in [0.29, 0.717) is 6.42 Å². The van der Waals surface area contributed by atoms with Crippen molar-refractivity contribution in [3.05, 3.63) is 24.4 Å². The number of carbonyl (C=O) groups excluding carboxylic acids is 1. The summed E-state index contributed by atoms with van der Waals surface area (Å²) in [6.45, 7) is 0. The summed E-state index contributed by atoms with van der Waals surface area (Å²) in [6, 6.07) is 5.82. The Morgan fingerprint density at radius 3 is 3.00 bits per heavy atom. The van der Waals surface area contributed by atoms with Gasteiger partial charge < -0.3 is 0 Å². The second-order valence-electron chi connectivity index (χ2n) is 2.40. The monoisotopic (exact) mass is 245 g/mol. The molecule has 0 unspecified atom stereocenters. The molecule has 1 rings (SSSR count). The Morgan fingerprint density at radius 1 is 1.50 bits per heavy atom. The van der Waals surface area contributed by atoms with Crippen LogP contribution in [0.3, 0.4) is 0 Å². The van der Waals surface area contributed by atoms with Gasteiger partial charge in [0.2, 0.25) is 0 Å². The van der Waals surface area contributed by atoms with Crippen LogP contribution in [-0.2, 0) is 4.79 Å². The van der Waals surface area contributed by atoms with Crippen molar-refractivity contribution in [3.63, 3.8) is 0 Å². The first-order valence-corrected chi connectivity index (χ1v) is 7.64. The third kappa shape index (κ3) is 4.93. The van der Waals surface area contributed by atoms with E-state index in [9.17, 15) is 4.79 Å². The van der Waals surface area contributed by atoms with Crippen LogP contribution in [0, 0.1) is 0 Å². The quantitative estimate of drug-likeness (QED) is 0.587. The van der Waals surface area contributed by atoms with Gasteiger partial charge in [0.05, 0.1) is 0 Å². The van der Waals surface area contributed by atoms with Gasteiger partial charge in [0.1, 0.15) is 5.03 Å². The molecule has 1 aromatic rings. The summed E-state index contributed by atoms with van der Waals surface area (Å²) in [6.07, 6.45) is 4.22. The smallest absolute Gasteiger partial charge is 0.189 e. The van der Waals surface area contributed by atoms with Gasteiger partial charge in [-0.05, 0) is 29.2 Å². The standard InChI is InChI=1S/C9H11NOS3/c1-12-9(11)5-7-13-14-8-4-2-3-6-10-8/h2-4,6H,5,7H2,1H3. The maximum absolute atomic E-state index is 10.9. The van der Waals surface area contributed by atoms with E-state index >= 15 is 0 Å². The second kappa shape index (κ2) is 7.20. The first-order valence-electron chi connectivity index (χ1n) is 4.10. The molecule has 0 saturated heterocycles. The average Bonchev–Trinajstić information content (AvgIpc) is 2.25. The van der Waals surface area contributed by atoms with E-state index in [1.807, 2.05) is 24.5 Å². The number of thioether (sulfide) groups is 1. The first-order chi connectivity index (χ1) is 6.83. The molecule has 76 valence electrons. The van der Waals surface area contributed by atoms with E-state index < -0.39 is 0 Å². The minimum absolute atomic E-state index is 0.249. The van der Waals surface area contributed by atoms with Crippen LogP contribution in [0.2, 0.25) is 0 Å². The zero-order valence-corrected chi connectivity index (χ0v) is 10.3. The highest BCUT2D eigenvalue weighted by Crippen LogP contribution is 2.29. The van der Waals surface area contributed by atoms with Crippen LogP contribution < -0.4 is 0 Å². The van der Waals surface area contributed by atoms with E-state index in [-0.39, 0.29) is 5.12 Å². The molecule has 0 aliphatic carbocycles. The van der Waals surface area contributed by atoms with Crippen LogP contribution in [-0.4, -0.2) is 22.1 Å². The number of nitrogens with zero attached hydrogens (tertiary/aromatic N) is 1. The fraction of sp³-hybridized carbons (Fsp3) is 0.333. The van der Waals surface area contributed by atoms with Crippen LogP contribution in [0.15, 0.2) is 29.4 Å². The molecule has 0 radical (unpaired) electrons. The van der Waals surface area contributed by atoms with E-state index in [0.717, 1.165) is 10.8 Å². The molecule has 0 spiro atoms. The molecule has 14 heavy (non-hydrogen) atoms. The lowest BCUT2D eigenvalue weighted by molar-refractivity contribution is -0.110. The molecule has 0 fully saturated rings. The molecule has 0 aromatic carbocycles. The number of pyridine rings is 1. The first kappa shape index (κ1) is 11.9. The van der Waals surface area contributed by atoms with Crippen LogP contribution in [0.25, 0.3) is 0 Å². The molecule has 0 atom stereocenters. The number of hydrogen-bond donors (Lipinski definition) is 0. The lowest BCUT2D eigenvalue weighted by Crippen LogP contribution is -1.90. The lowest BCUT2D eigenvalue weighted by atomic mass is 10.5.